The zero-order chi connectivity index (χ0) is 12.4. The highest BCUT2D eigenvalue weighted by Crippen LogP contribution is 2.23. The van der Waals surface area contributed by atoms with E-state index < -0.39 is 12.0 Å². The molecule has 1 aliphatic heterocycles. The number of carboxylic acids is 1. The van der Waals surface area contributed by atoms with Gasteiger partial charge in [0.2, 0.25) is 0 Å². The third-order valence-electron chi connectivity index (χ3n) is 3.21. The molecular formula is C13H18N2O2. The van der Waals surface area contributed by atoms with Gasteiger partial charge in [-0.1, -0.05) is 23.8 Å². The Morgan fingerprint density at radius 2 is 2.00 bits per heavy atom. The first-order valence-corrected chi connectivity index (χ1v) is 5.86. The molecule has 0 radical (unpaired) electrons. The van der Waals surface area contributed by atoms with Crippen molar-refractivity contribution in [3.05, 3.63) is 34.9 Å². The summed E-state index contributed by atoms with van der Waals surface area (Å²) < 4.78 is 0. The highest BCUT2D eigenvalue weighted by atomic mass is 16.4. The Bertz CT molecular complexity index is 431. The largest absolute Gasteiger partial charge is 0.480 e. The molecule has 1 aromatic rings. The molecule has 17 heavy (non-hydrogen) atoms. The predicted molar refractivity (Wildman–Crippen MR) is 66.1 cm³/mol. The maximum Gasteiger partial charge on any atom is 0.322 e. The van der Waals surface area contributed by atoms with Crippen LogP contribution in [0.5, 0.6) is 0 Å². The lowest BCUT2D eigenvalue weighted by molar-refractivity contribution is -0.140. The first-order valence-electron chi connectivity index (χ1n) is 5.86. The summed E-state index contributed by atoms with van der Waals surface area (Å²) in [5.74, 6) is -0.804. The number of carboxylic acid groups (broad SMARTS) is 1. The number of piperazine rings is 1. The fraction of sp³-hybridized carbons (Fsp3) is 0.462. The Kier molecular flexibility index (Phi) is 3.45. The monoisotopic (exact) mass is 234 g/mol. The maximum atomic E-state index is 11.2. The van der Waals surface area contributed by atoms with Crippen molar-refractivity contribution in [2.24, 2.45) is 0 Å². The normalized spacial score (nSPS) is 24.6. The van der Waals surface area contributed by atoms with E-state index in [0.717, 1.165) is 17.7 Å². The highest BCUT2D eigenvalue weighted by Gasteiger charge is 2.32. The SMILES string of the molecule is Cc1ccc(C2NCCNC2C(=O)O)c(C)c1. The van der Waals surface area contributed by atoms with E-state index in [1.807, 2.05) is 26.0 Å². The van der Waals surface area contributed by atoms with Gasteiger partial charge in [0.25, 0.3) is 0 Å². The number of aliphatic carboxylic acids is 1. The molecule has 0 saturated carbocycles. The highest BCUT2D eigenvalue weighted by molar-refractivity contribution is 5.75. The second kappa shape index (κ2) is 4.85. The Labute approximate surface area is 101 Å². The van der Waals surface area contributed by atoms with Crippen molar-refractivity contribution < 1.29 is 9.90 Å². The number of aryl methyl sites for hydroxylation is 2. The molecule has 1 aromatic carbocycles. The van der Waals surface area contributed by atoms with Crippen molar-refractivity contribution in [3.63, 3.8) is 0 Å². The third-order valence-corrected chi connectivity index (χ3v) is 3.21. The number of nitrogens with one attached hydrogen (secondary N) is 2. The molecule has 0 aliphatic carbocycles. The lowest BCUT2D eigenvalue weighted by atomic mass is 9.93. The van der Waals surface area contributed by atoms with Crippen LogP contribution in [0.2, 0.25) is 0 Å². The third kappa shape index (κ3) is 2.48. The average Bonchev–Trinajstić information content (AvgIpc) is 2.29. The fourth-order valence-corrected chi connectivity index (χ4v) is 2.39. The lowest BCUT2D eigenvalue weighted by Crippen LogP contribution is -2.54. The molecule has 4 heteroatoms. The Hall–Kier alpha value is -1.39. The van der Waals surface area contributed by atoms with Gasteiger partial charge in [-0.2, -0.15) is 0 Å². The Balaban J connectivity index is 2.32. The molecule has 0 amide bonds. The maximum absolute atomic E-state index is 11.2. The van der Waals surface area contributed by atoms with Crippen LogP contribution in [0.1, 0.15) is 22.7 Å². The zero-order valence-corrected chi connectivity index (χ0v) is 10.2. The Morgan fingerprint density at radius 1 is 1.29 bits per heavy atom. The van der Waals surface area contributed by atoms with Gasteiger partial charge in [-0.05, 0) is 25.0 Å². The van der Waals surface area contributed by atoms with Crippen LogP contribution >= 0.6 is 0 Å². The minimum absolute atomic E-state index is 0.151. The molecule has 1 aliphatic rings. The average molecular weight is 234 g/mol. The second-order valence-electron chi connectivity index (χ2n) is 4.56. The van der Waals surface area contributed by atoms with Gasteiger partial charge in [0.05, 0.1) is 6.04 Å². The molecule has 2 rings (SSSR count). The summed E-state index contributed by atoms with van der Waals surface area (Å²) in [5.41, 5.74) is 3.40. The van der Waals surface area contributed by atoms with E-state index >= 15 is 0 Å². The standard InChI is InChI=1S/C13H18N2O2/c1-8-3-4-10(9(2)7-8)11-12(13(16)17)15-6-5-14-11/h3-4,7,11-12,14-15H,5-6H2,1-2H3,(H,16,17). The van der Waals surface area contributed by atoms with E-state index in [-0.39, 0.29) is 6.04 Å². The first kappa shape index (κ1) is 12.1. The van der Waals surface area contributed by atoms with Crippen molar-refractivity contribution in [1.82, 2.24) is 10.6 Å². The molecule has 1 saturated heterocycles. The van der Waals surface area contributed by atoms with Gasteiger partial charge in [0.15, 0.2) is 0 Å². The minimum atomic E-state index is -0.804. The molecule has 0 bridgehead atoms. The molecule has 4 nitrogen and oxygen atoms in total. The molecular weight excluding hydrogens is 216 g/mol. The molecule has 0 spiro atoms. The van der Waals surface area contributed by atoms with Crippen LogP contribution in [0.3, 0.4) is 0 Å². The number of carbonyl (C=O) groups is 1. The van der Waals surface area contributed by atoms with Gasteiger partial charge >= 0.3 is 5.97 Å². The van der Waals surface area contributed by atoms with Gasteiger partial charge in [0.1, 0.15) is 6.04 Å². The van der Waals surface area contributed by atoms with Crippen molar-refractivity contribution in [3.8, 4) is 0 Å². The summed E-state index contributed by atoms with van der Waals surface area (Å²) in [7, 11) is 0. The topological polar surface area (TPSA) is 61.4 Å². The van der Waals surface area contributed by atoms with Crippen LogP contribution < -0.4 is 10.6 Å². The molecule has 1 heterocycles. The van der Waals surface area contributed by atoms with Gasteiger partial charge in [0, 0.05) is 13.1 Å². The molecule has 1 fully saturated rings. The van der Waals surface area contributed by atoms with Crippen LogP contribution in [0.4, 0.5) is 0 Å². The van der Waals surface area contributed by atoms with E-state index in [0.29, 0.717) is 6.54 Å². The van der Waals surface area contributed by atoms with Crippen LogP contribution in [0, 0.1) is 13.8 Å². The fourth-order valence-electron chi connectivity index (χ4n) is 2.39. The summed E-state index contributed by atoms with van der Waals surface area (Å²) in [6, 6.07) is 5.43. The van der Waals surface area contributed by atoms with Crippen LogP contribution in [-0.2, 0) is 4.79 Å². The van der Waals surface area contributed by atoms with E-state index in [1.165, 1.54) is 5.56 Å². The van der Waals surface area contributed by atoms with E-state index in [2.05, 4.69) is 16.7 Å². The van der Waals surface area contributed by atoms with Crippen LogP contribution in [0.25, 0.3) is 0 Å². The van der Waals surface area contributed by atoms with Gasteiger partial charge in [-0.25, -0.2) is 0 Å². The lowest BCUT2D eigenvalue weighted by Gasteiger charge is -2.32. The van der Waals surface area contributed by atoms with E-state index in [9.17, 15) is 9.90 Å². The molecule has 3 N–H and O–H groups in total. The van der Waals surface area contributed by atoms with Crippen molar-refractivity contribution >= 4 is 5.97 Å². The number of benzene rings is 1. The summed E-state index contributed by atoms with van der Waals surface area (Å²) in [6.07, 6.45) is 0. The smallest absolute Gasteiger partial charge is 0.322 e. The summed E-state index contributed by atoms with van der Waals surface area (Å²) in [6.45, 7) is 5.55. The van der Waals surface area contributed by atoms with Gasteiger partial charge in [-0.3, -0.25) is 4.79 Å². The predicted octanol–water partition coefficient (Wildman–Crippen LogP) is 0.991. The Morgan fingerprint density at radius 3 is 2.65 bits per heavy atom. The minimum Gasteiger partial charge on any atom is -0.480 e. The first-order chi connectivity index (χ1) is 8.09. The zero-order valence-electron chi connectivity index (χ0n) is 10.2. The van der Waals surface area contributed by atoms with E-state index in [1.54, 1.807) is 0 Å². The summed E-state index contributed by atoms with van der Waals surface area (Å²) in [5, 5.41) is 15.5. The molecule has 2 unspecified atom stereocenters. The molecule has 0 aromatic heterocycles. The summed E-state index contributed by atoms with van der Waals surface area (Å²) in [4.78, 5) is 11.2. The van der Waals surface area contributed by atoms with Gasteiger partial charge < -0.3 is 15.7 Å². The summed E-state index contributed by atoms with van der Waals surface area (Å²) >= 11 is 0. The molecule has 2 atom stereocenters. The van der Waals surface area contributed by atoms with Crippen molar-refractivity contribution in [2.75, 3.05) is 13.1 Å². The van der Waals surface area contributed by atoms with Gasteiger partial charge in [-0.15, -0.1) is 0 Å². The van der Waals surface area contributed by atoms with Crippen LogP contribution in [0.15, 0.2) is 18.2 Å². The van der Waals surface area contributed by atoms with Crippen molar-refractivity contribution in [1.29, 1.82) is 0 Å². The van der Waals surface area contributed by atoms with Crippen molar-refractivity contribution in [2.45, 2.75) is 25.9 Å². The second-order valence-corrected chi connectivity index (χ2v) is 4.56. The number of rotatable bonds is 2. The van der Waals surface area contributed by atoms with Crippen LogP contribution in [-0.4, -0.2) is 30.2 Å². The quantitative estimate of drug-likeness (QED) is 0.714. The van der Waals surface area contributed by atoms with E-state index in [4.69, 9.17) is 0 Å². The number of hydrogen-bond donors (Lipinski definition) is 3. The number of hydrogen-bond acceptors (Lipinski definition) is 3. The molecule has 92 valence electrons.